The highest BCUT2D eigenvalue weighted by molar-refractivity contribution is 8.02. The lowest BCUT2D eigenvalue weighted by Crippen LogP contribution is -1.98. The fourth-order valence-electron chi connectivity index (χ4n) is 0.423. The first kappa shape index (κ1) is 8.79. The second-order valence-electron chi connectivity index (χ2n) is 1.57. The zero-order valence-electron chi connectivity index (χ0n) is 5.92. The largest absolute Gasteiger partial charge is 0.326 e. The summed E-state index contributed by atoms with van der Waals surface area (Å²) in [7, 11) is 0. The molecule has 0 heterocycles. The number of allylic oxidation sites excluding steroid dienone is 3. The third kappa shape index (κ3) is 4.30. The van der Waals surface area contributed by atoms with Crippen LogP contribution in [0.1, 0.15) is 6.92 Å². The summed E-state index contributed by atoms with van der Waals surface area (Å²) < 4.78 is 0. The highest BCUT2D eigenvalue weighted by Crippen LogP contribution is 2.08. The van der Waals surface area contributed by atoms with Gasteiger partial charge >= 0.3 is 0 Å². The maximum atomic E-state index is 5.40. The third-order valence-corrected chi connectivity index (χ3v) is 1.77. The second kappa shape index (κ2) is 5.92. The van der Waals surface area contributed by atoms with Crippen molar-refractivity contribution in [3.8, 4) is 0 Å². The van der Waals surface area contributed by atoms with E-state index in [-0.39, 0.29) is 0 Å². The molecule has 52 valence electrons. The van der Waals surface area contributed by atoms with Gasteiger partial charge in [0.15, 0.2) is 0 Å². The highest BCUT2D eigenvalue weighted by Gasteiger charge is 1.84. The van der Waals surface area contributed by atoms with Crippen LogP contribution in [0, 0.1) is 0 Å². The molecule has 0 unspecified atom stereocenters. The Bertz CT molecular complexity index is 110. The first-order chi connectivity index (χ1) is 4.35. The maximum absolute atomic E-state index is 5.40. The molecular formula is C7H13NS. The van der Waals surface area contributed by atoms with Crippen LogP contribution in [0.2, 0.25) is 0 Å². The maximum Gasteiger partial charge on any atom is 0.0238 e. The Balaban J connectivity index is 3.75. The minimum Gasteiger partial charge on any atom is -0.326 e. The van der Waals surface area contributed by atoms with Crippen LogP contribution in [-0.2, 0) is 0 Å². The van der Waals surface area contributed by atoms with E-state index in [1.807, 2.05) is 31.4 Å². The van der Waals surface area contributed by atoms with Crippen molar-refractivity contribution < 1.29 is 0 Å². The van der Waals surface area contributed by atoms with Gasteiger partial charge in [0.1, 0.15) is 0 Å². The van der Waals surface area contributed by atoms with Gasteiger partial charge in [-0.25, -0.2) is 0 Å². The van der Waals surface area contributed by atoms with Crippen molar-refractivity contribution in [3.05, 3.63) is 23.1 Å². The van der Waals surface area contributed by atoms with Crippen molar-refractivity contribution in [3.63, 3.8) is 0 Å². The lowest BCUT2D eigenvalue weighted by Gasteiger charge is -1.94. The van der Waals surface area contributed by atoms with Gasteiger partial charge in [-0.15, -0.1) is 11.8 Å². The van der Waals surface area contributed by atoms with Crippen LogP contribution in [0.15, 0.2) is 23.1 Å². The molecule has 2 N–H and O–H groups in total. The lowest BCUT2D eigenvalue weighted by molar-refractivity contribution is 1.23. The molecule has 0 atom stereocenters. The second-order valence-corrected chi connectivity index (χ2v) is 2.50. The predicted molar refractivity (Wildman–Crippen MR) is 45.5 cm³/mol. The van der Waals surface area contributed by atoms with Crippen LogP contribution in [0.5, 0.6) is 0 Å². The molecule has 0 spiro atoms. The molecule has 0 bridgehead atoms. The number of rotatable bonds is 3. The topological polar surface area (TPSA) is 26.0 Å². The summed E-state index contributed by atoms with van der Waals surface area (Å²) in [5.74, 6) is 0. The molecule has 0 aromatic heterocycles. The van der Waals surface area contributed by atoms with Crippen molar-refractivity contribution in [1.29, 1.82) is 0 Å². The molecule has 0 aromatic carbocycles. The molecular weight excluding hydrogens is 130 g/mol. The van der Waals surface area contributed by atoms with E-state index in [1.54, 1.807) is 11.8 Å². The Morgan fingerprint density at radius 2 is 2.33 bits per heavy atom. The summed E-state index contributed by atoms with van der Waals surface area (Å²) in [5, 5.41) is 0. The molecule has 0 aliphatic heterocycles. The van der Waals surface area contributed by atoms with Gasteiger partial charge in [0, 0.05) is 6.54 Å². The molecule has 9 heavy (non-hydrogen) atoms. The quantitative estimate of drug-likeness (QED) is 0.609. The summed E-state index contributed by atoms with van der Waals surface area (Å²) in [5.41, 5.74) is 5.40. The van der Waals surface area contributed by atoms with Gasteiger partial charge in [-0.1, -0.05) is 18.2 Å². The number of thioether (sulfide) groups is 1. The van der Waals surface area contributed by atoms with Gasteiger partial charge in [-0.05, 0) is 18.1 Å². The van der Waals surface area contributed by atoms with Crippen LogP contribution in [0.25, 0.3) is 0 Å². The van der Waals surface area contributed by atoms with Crippen LogP contribution in [-0.4, -0.2) is 12.8 Å². The first-order valence-electron chi connectivity index (χ1n) is 2.91. The van der Waals surface area contributed by atoms with Gasteiger partial charge in [0.05, 0.1) is 0 Å². The van der Waals surface area contributed by atoms with Crippen molar-refractivity contribution in [2.24, 2.45) is 5.73 Å². The van der Waals surface area contributed by atoms with E-state index in [1.165, 1.54) is 4.91 Å². The highest BCUT2D eigenvalue weighted by atomic mass is 32.2. The monoisotopic (exact) mass is 143 g/mol. The van der Waals surface area contributed by atoms with Gasteiger partial charge < -0.3 is 5.73 Å². The molecule has 0 fully saturated rings. The molecule has 0 amide bonds. The normalized spacial score (nSPS) is 13.0. The summed E-state index contributed by atoms with van der Waals surface area (Å²) in [4.78, 5) is 1.22. The van der Waals surface area contributed by atoms with Crippen molar-refractivity contribution in [2.45, 2.75) is 6.92 Å². The van der Waals surface area contributed by atoms with Gasteiger partial charge in [-0.2, -0.15) is 0 Å². The summed E-state index contributed by atoms with van der Waals surface area (Å²) in [6.45, 7) is 2.64. The number of hydrogen-bond donors (Lipinski definition) is 1. The Kier molecular flexibility index (Phi) is 5.78. The molecule has 0 saturated heterocycles. The van der Waals surface area contributed by atoms with E-state index < -0.39 is 0 Å². The molecule has 2 heteroatoms. The van der Waals surface area contributed by atoms with Crippen LogP contribution < -0.4 is 5.73 Å². The predicted octanol–water partition coefficient (Wildman–Crippen LogP) is 1.77. The smallest absolute Gasteiger partial charge is 0.0238 e. The minimum atomic E-state index is 0.644. The lowest BCUT2D eigenvalue weighted by atomic mass is 10.4. The van der Waals surface area contributed by atoms with Crippen molar-refractivity contribution in [2.75, 3.05) is 12.8 Å². The molecule has 0 aromatic rings. The fourth-order valence-corrected chi connectivity index (χ4v) is 0.804. The van der Waals surface area contributed by atoms with E-state index in [4.69, 9.17) is 5.73 Å². The van der Waals surface area contributed by atoms with Gasteiger partial charge in [0.2, 0.25) is 0 Å². The molecule has 0 saturated carbocycles. The molecule has 0 radical (unpaired) electrons. The molecule has 0 rings (SSSR count). The Morgan fingerprint density at radius 1 is 1.67 bits per heavy atom. The number of hydrogen-bond acceptors (Lipinski definition) is 2. The summed E-state index contributed by atoms with van der Waals surface area (Å²) in [6, 6.07) is 0. The average Bonchev–Trinajstić information content (AvgIpc) is 1.91. The molecule has 0 aliphatic rings. The van der Waals surface area contributed by atoms with E-state index in [9.17, 15) is 0 Å². The van der Waals surface area contributed by atoms with Crippen LogP contribution in [0.4, 0.5) is 0 Å². The summed E-state index contributed by atoms with van der Waals surface area (Å²) in [6.07, 6.45) is 8.05. The van der Waals surface area contributed by atoms with E-state index in [0.29, 0.717) is 6.54 Å². The van der Waals surface area contributed by atoms with Crippen molar-refractivity contribution >= 4 is 11.8 Å². The van der Waals surface area contributed by atoms with E-state index in [0.717, 1.165) is 0 Å². The Labute approximate surface area is 61.0 Å². The third-order valence-electron chi connectivity index (χ3n) is 0.938. The number of nitrogens with two attached hydrogens (primary N) is 1. The van der Waals surface area contributed by atoms with Crippen molar-refractivity contribution in [1.82, 2.24) is 0 Å². The van der Waals surface area contributed by atoms with Gasteiger partial charge in [-0.3, -0.25) is 0 Å². The zero-order valence-corrected chi connectivity index (χ0v) is 6.74. The van der Waals surface area contributed by atoms with Crippen LogP contribution in [0.3, 0.4) is 0 Å². The van der Waals surface area contributed by atoms with Gasteiger partial charge in [0.25, 0.3) is 0 Å². The Morgan fingerprint density at radius 3 is 2.67 bits per heavy atom. The average molecular weight is 143 g/mol. The SMILES string of the molecule is C/C=C/C=C(/CN)SC. The van der Waals surface area contributed by atoms with E-state index >= 15 is 0 Å². The summed E-state index contributed by atoms with van der Waals surface area (Å²) >= 11 is 1.69. The zero-order chi connectivity index (χ0) is 7.11. The molecule has 1 nitrogen and oxygen atoms in total. The van der Waals surface area contributed by atoms with Crippen LogP contribution >= 0.6 is 11.8 Å². The first-order valence-corrected chi connectivity index (χ1v) is 4.13. The Hall–Kier alpha value is -0.210. The van der Waals surface area contributed by atoms with E-state index in [2.05, 4.69) is 0 Å². The fraction of sp³-hybridized carbons (Fsp3) is 0.429. The standard InChI is InChI=1S/C7H13NS/c1-3-4-5-7(6-8)9-2/h3-5H,6,8H2,1-2H3/b4-3+,7-5-. The minimum absolute atomic E-state index is 0.644. The molecule has 0 aliphatic carbocycles.